The SMILES string of the molecule is CC(N)(Cc1ccc(Oc2ccc(C(=O)OCN)cc2)cc1)NCC(O)COc1ccon1. The lowest BCUT2D eigenvalue weighted by molar-refractivity contribution is 0.0515. The summed E-state index contributed by atoms with van der Waals surface area (Å²) in [5.74, 6) is 1.06. The van der Waals surface area contributed by atoms with Gasteiger partial charge in [-0.05, 0) is 54.0 Å². The molecule has 0 radical (unpaired) electrons. The predicted octanol–water partition coefficient (Wildman–Crippen LogP) is 1.79. The largest absolute Gasteiger partial charge is 0.473 e. The zero-order valence-electron chi connectivity index (χ0n) is 18.3. The third-order valence-corrected chi connectivity index (χ3v) is 4.61. The summed E-state index contributed by atoms with van der Waals surface area (Å²) in [5, 5.41) is 16.8. The number of hydrogen-bond donors (Lipinski definition) is 4. The van der Waals surface area contributed by atoms with Gasteiger partial charge in [-0.2, -0.15) is 0 Å². The van der Waals surface area contributed by atoms with Crippen LogP contribution < -0.4 is 26.3 Å². The molecule has 2 unspecified atom stereocenters. The molecule has 0 aliphatic rings. The molecule has 6 N–H and O–H groups in total. The van der Waals surface area contributed by atoms with Gasteiger partial charge in [0.25, 0.3) is 5.88 Å². The molecule has 0 fully saturated rings. The number of aromatic nitrogens is 1. The number of rotatable bonds is 12. The van der Waals surface area contributed by atoms with Crippen LogP contribution in [-0.4, -0.2) is 47.9 Å². The Kier molecular flexibility index (Phi) is 8.39. The highest BCUT2D eigenvalue weighted by Crippen LogP contribution is 2.23. The van der Waals surface area contributed by atoms with Gasteiger partial charge in [0.15, 0.2) is 0 Å². The molecule has 1 heterocycles. The van der Waals surface area contributed by atoms with Crippen molar-refractivity contribution >= 4 is 5.97 Å². The first-order chi connectivity index (χ1) is 15.8. The van der Waals surface area contributed by atoms with Crippen molar-refractivity contribution in [2.75, 3.05) is 19.9 Å². The molecular weight excluding hydrogens is 428 g/mol. The van der Waals surface area contributed by atoms with E-state index < -0.39 is 17.7 Å². The second-order valence-electron chi connectivity index (χ2n) is 7.65. The van der Waals surface area contributed by atoms with Crippen molar-refractivity contribution in [3.8, 4) is 17.4 Å². The molecule has 10 nitrogen and oxygen atoms in total. The molecule has 0 bridgehead atoms. The van der Waals surface area contributed by atoms with E-state index in [1.54, 1.807) is 30.3 Å². The number of nitrogens with zero attached hydrogens (tertiary/aromatic N) is 1. The molecule has 0 aliphatic heterocycles. The lowest BCUT2D eigenvalue weighted by Gasteiger charge is -2.28. The summed E-state index contributed by atoms with van der Waals surface area (Å²) in [7, 11) is 0. The van der Waals surface area contributed by atoms with Gasteiger partial charge < -0.3 is 29.6 Å². The summed E-state index contributed by atoms with van der Waals surface area (Å²) in [6.07, 6.45) is 1.16. The van der Waals surface area contributed by atoms with Crippen LogP contribution in [0.3, 0.4) is 0 Å². The topological polar surface area (TPSA) is 155 Å². The van der Waals surface area contributed by atoms with Crippen molar-refractivity contribution in [1.82, 2.24) is 10.5 Å². The Morgan fingerprint density at radius 1 is 1.15 bits per heavy atom. The van der Waals surface area contributed by atoms with Gasteiger partial charge in [-0.1, -0.05) is 12.1 Å². The lowest BCUT2D eigenvalue weighted by Crippen LogP contribution is -2.55. The minimum atomic E-state index is -0.760. The van der Waals surface area contributed by atoms with Crippen LogP contribution in [0, 0.1) is 0 Å². The van der Waals surface area contributed by atoms with Crippen LogP contribution in [0.25, 0.3) is 0 Å². The van der Waals surface area contributed by atoms with Crippen LogP contribution in [-0.2, 0) is 11.2 Å². The van der Waals surface area contributed by atoms with E-state index in [-0.39, 0.29) is 19.9 Å². The summed E-state index contributed by atoms with van der Waals surface area (Å²) in [4.78, 5) is 11.6. The molecule has 3 aromatic rings. The molecule has 0 saturated heterocycles. The first-order valence-corrected chi connectivity index (χ1v) is 10.3. The predicted molar refractivity (Wildman–Crippen MR) is 120 cm³/mol. The summed E-state index contributed by atoms with van der Waals surface area (Å²) < 4.78 is 20.5. The average Bonchev–Trinajstić information content (AvgIpc) is 3.32. The summed E-state index contributed by atoms with van der Waals surface area (Å²) >= 11 is 0. The Hall–Kier alpha value is -3.44. The van der Waals surface area contributed by atoms with Crippen LogP contribution in [0.2, 0.25) is 0 Å². The van der Waals surface area contributed by atoms with Crippen molar-refractivity contribution < 1.29 is 28.6 Å². The maximum atomic E-state index is 11.6. The number of carbonyl (C=O) groups is 1. The number of esters is 1. The molecule has 0 aliphatic carbocycles. The standard InChI is InChI=1S/C23H28N4O6/c1-23(25,26-13-18(28)14-30-21-10-11-32-27-21)12-16-2-6-19(7-3-16)33-20-8-4-17(5-9-20)22(29)31-15-24/h2-11,18,26,28H,12-15,24-25H2,1H3. The second kappa shape index (κ2) is 11.4. The third kappa shape index (κ3) is 7.88. The Bertz CT molecular complexity index is 991. The summed E-state index contributed by atoms with van der Waals surface area (Å²) in [5.41, 5.74) is 12.2. The Labute approximate surface area is 191 Å². The number of carbonyl (C=O) groups excluding carboxylic acids is 1. The fraction of sp³-hybridized carbons (Fsp3) is 0.304. The lowest BCUT2D eigenvalue weighted by atomic mass is 10.0. The van der Waals surface area contributed by atoms with Crippen molar-refractivity contribution in [1.29, 1.82) is 0 Å². The summed E-state index contributed by atoms with van der Waals surface area (Å²) in [6.45, 7) is 2.00. The molecule has 1 aromatic heterocycles. The highest BCUT2D eigenvalue weighted by molar-refractivity contribution is 5.89. The van der Waals surface area contributed by atoms with Crippen LogP contribution in [0.15, 0.2) is 65.4 Å². The van der Waals surface area contributed by atoms with Gasteiger partial charge in [0.1, 0.15) is 37.2 Å². The van der Waals surface area contributed by atoms with Gasteiger partial charge in [0.2, 0.25) is 0 Å². The maximum absolute atomic E-state index is 11.6. The number of nitrogens with two attached hydrogens (primary N) is 2. The van der Waals surface area contributed by atoms with Crippen molar-refractivity contribution in [3.05, 3.63) is 72.0 Å². The van der Waals surface area contributed by atoms with Crippen molar-refractivity contribution in [2.24, 2.45) is 11.5 Å². The molecule has 2 aromatic carbocycles. The van der Waals surface area contributed by atoms with Crippen molar-refractivity contribution in [2.45, 2.75) is 25.1 Å². The third-order valence-electron chi connectivity index (χ3n) is 4.61. The minimum Gasteiger partial charge on any atom is -0.473 e. The molecular formula is C23H28N4O6. The van der Waals surface area contributed by atoms with E-state index in [0.717, 1.165) is 5.56 Å². The average molecular weight is 456 g/mol. The minimum absolute atomic E-state index is 0.0663. The first-order valence-electron chi connectivity index (χ1n) is 10.3. The molecule has 0 amide bonds. The summed E-state index contributed by atoms with van der Waals surface area (Å²) in [6, 6.07) is 15.6. The highest BCUT2D eigenvalue weighted by atomic mass is 16.5. The van der Waals surface area contributed by atoms with E-state index in [0.29, 0.717) is 29.4 Å². The molecule has 33 heavy (non-hydrogen) atoms. The van der Waals surface area contributed by atoms with Crippen LogP contribution in [0.1, 0.15) is 22.8 Å². The van der Waals surface area contributed by atoms with Crippen LogP contribution in [0.4, 0.5) is 0 Å². The number of aliphatic hydroxyl groups is 1. The number of benzene rings is 2. The van der Waals surface area contributed by atoms with E-state index in [1.807, 2.05) is 31.2 Å². The monoisotopic (exact) mass is 456 g/mol. The molecule has 0 saturated carbocycles. The van der Waals surface area contributed by atoms with Crippen LogP contribution in [0.5, 0.6) is 17.4 Å². The Morgan fingerprint density at radius 2 is 1.82 bits per heavy atom. The van der Waals surface area contributed by atoms with Crippen LogP contribution >= 0.6 is 0 Å². The highest BCUT2D eigenvalue weighted by Gasteiger charge is 2.20. The number of nitrogens with one attached hydrogen (secondary N) is 1. The number of hydrogen-bond acceptors (Lipinski definition) is 10. The van der Waals surface area contributed by atoms with E-state index in [4.69, 9.17) is 25.7 Å². The second-order valence-corrected chi connectivity index (χ2v) is 7.65. The van der Waals surface area contributed by atoms with Crippen molar-refractivity contribution in [3.63, 3.8) is 0 Å². The molecule has 3 rings (SSSR count). The molecule has 10 heteroatoms. The van der Waals surface area contributed by atoms with Gasteiger partial charge in [0.05, 0.1) is 11.2 Å². The van der Waals surface area contributed by atoms with Gasteiger partial charge >= 0.3 is 5.97 Å². The van der Waals surface area contributed by atoms with Gasteiger partial charge in [-0.25, -0.2) is 4.79 Å². The number of aliphatic hydroxyl groups excluding tert-OH is 1. The Morgan fingerprint density at radius 3 is 2.42 bits per heavy atom. The molecule has 176 valence electrons. The molecule has 2 atom stereocenters. The smallest absolute Gasteiger partial charge is 0.339 e. The number of ether oxygens (including phenoxy) is 3. The Balaban J connectivity index is 1.46. The van der Waals surface area contributed by atoms with E-state index in [9.17, 15) is 9.90 Å². The van der Waals surface area contributed by atoms with Gasteiger partial charge in [-0.15, -0.1) is 0 Å². The quantitative estimate of drug-likeness (QED) is 0.234. The maximum Gasteiger partial charge on any atom is 0.339 e. The van der Waals surface area contributed by atoms with E-state index in [1.165, 1.54) is 6.26 Å². The van der Waals surface area contributed by atoms with E-state index >= 15 is 0 Å². The fourth-order valence-corrected chi connectivity index (χ4v) is 2.98. The van der Waals surface area contributed by atoms with Gasteiger partial charge in [-0.3, -0.25) is 11.1 Å². The molecule has 0 spiro atoms. The fourth-order valence-electron chi connectivity index (χ4n) is 2.98. The normalized spacial score (nSPS) is 13.7. The van der Waals surface area contributed by atoms with E-state index in [2.05, 4.69) is 15.0 Å². The van der Waals surface area contributed by atoms with Gasteiger partial charge in [0, 0.05) is 19.0 Å². The first kappa shape index (κ1) is 24.2. The zero-order valence-corrected chi connectivity index (χ0v) is 18.3. The zero-order chi connectivity index (χ0) is 23.7.